The second-order valence-corrected chi connectivity index (χ2v) is 5.16. The van der Waals surface area contributed by atoms with Gasteiger partial charge in [0.15, 0.2) is 0 Å². The molecule has 1 aliphatic rings. The molecular weight excluding hydrogens is 223 g/mol. The average molecular weight is 236 g/mol. The molecule has 0 bridgehead atoms. The Labute approximate surface area is 97.5 Å². The lowest BCUT2D eigenvalue weighted by Gasteiger charge is -2.23. The molecule has 2 aromatic rings. The molecule has 0 amide bonds. The largest absolute Gasteiger partial charge is 0.314 e. The zero-order chi connectivity index (χ0) is 11.0. The van der Waals surface area contributed by atoms with Gasteiger partial charge in [-0.15, -0.1) is 11.3 Å². The first-order chi connectivity index (χ1) is 7.83. The Morgan fingerprint density at radius 1 is 1.25 bits per heavy atom. The summed E-state index contributed by atoms with van der Waals surface area (Å²) in [7, 11) is 0. The van der Waals surface area contributed by atoms with Crippen LogP contribution in [0.25, 0.3) is 10.1 Å². The molecule has 3 rings (SSSR count). The summed E-state index contributed by atoms with van der Waals surface area (Å²) in [5.41, 5.74) is 0. The maximum Gasteiger partial charge on any atom is 0.124 e. The SMILES string of the molecule is Fc1ccc2cc(C3CNCCN3)sc2c1. The molecule has 84 valence electrons. The molecule has 4 heteroatoms. The van der Waals surface area contributed by atoms with Gasteiger partial charge in [-0.2, -0.15) is 0 Å². The van der Waals surface area contributed by atoms with Gasteiger partial charge in [0.2, 0.25) is 0 Å². The number of halogens is 1. The Bertz CT molecular complexity index is 503. The molecule has 0 radical (unpaired) electrons. The molecule has 0 aliphatic carbocycles. The third kappa shape index (κ3) is 1.84. The van der Waals surface area contributed by atoms with Crippen LogP contribution < -0.4 is 10.6 Å². The molecular formula is C12H13FN2S. The second kappa shape index (κ2) is 4.13. The topological polar surface area (TPSA) is 24.1 Å². The highest BCUT2D eigenvalue weighted by molar-refractivity contribution is 7.19. The fourth-order valence-electron chi connectivity index (χ4n) is 2.05. The van der Waals surface area contributed by atoms with E-state index in [9.17, 15) is 4.39 Å². The van der Waals surface area contributed by atoms with Crippen LogP contribution in [0.2, 0.25) is 0 Å². The standard InChI is InChI=1S/C12H13FN2S/c13-9-2-1-8-5-12(16-11(8)6-9)10-7-14-3-4-15-10/h1-2,5-6,10,14-15H,3-4,7H2. The van der Waals surface area contributed by atoms with Crippen molar-refractivity contribution in [3.8, 4) is 0 Å². The Hall–Kier alpha value is -0.970. The van der Waals surface area contributed by atoms with Gasteiger partial charge >= 0.3 is 0 Å². The highest BCUT2D eigenvalue weighted by Gasteiger charge is 2.16. The molecule has 2 N–H and O–H groups in total. The number of piperazine rings is 1. The Morgan fingerprint density at radius 2 is 2.19 bits per heavy atom. The van der Waals surface area contributed by atoms with Crippen LogP contribution in [0, 0.1) is 5.82 Å². The smallest absolute Gasteiger partial charge is 0.124 e. The minimum Gasteiger partial charge on any atom is -0.314 e. The molecule has 2 nitrogen and oxygen atoms in total. The summed E-state index contributed by atoms with van der Waals surface area (Å²) in [5.74, 6) is -0.157. The normalized spacial score (nSPS) is 21.4. The molecule has 2 heterocycles. The van der Waals surface area contributed by atoms with E-state index in [2.05, 4.69) is 16.7 Å². The highest BCUT2D eigenvalue weighted by Crippen LogP contribution is 2.30. The summed E-state index contributed by atoms with van der Waals surface area (Å²) < 4.78 is 14.1. The van der Waals surface area contributed by atoms with E-state index >= 15 is 0 Å². The van der Waals surface area contributed by atoms with Crippen LogP contribution in [0.4, 0.5) is 4.39 Å². The summed E-state index contributed by atoms with van der Waals surface area (Å²) >= 11 is 1.68. The number of rotatable bonds is 1. The fourth-order valence-corrected chi connectivity index (χ4v) is 3.22. The minimum absolute atomic E-state index is 0.157. The molecule has 1 fully saturated rings. The molecule has 1 saturated heterocycles. The molecule has 1 aromatic heterocycles. The predicted molar refractivity (Wildman–Crippen MR) is 65.4 cm³/mol. The van der Waals surface area contributed by atoms with Gasteiger partial charge in [0, 0.05) is 29.2 Å². The van der Waals surface area contributed by atoms with E-state index in [1.165, 1.54) is 10.9 Å². The number of hydrogen-bond acceptors (Lipinski definition) is 3. The van der Waals surface area contributed by atoms with Crippen molar-refractivity contribution in [3.05, 3.63) is 35.0 Å². The van der Waals surface area contributed by atoms with Crippen LogP contribution in [-0.4, -0.2) is 19.6 Å². The maximum atomic E-state index is 13.1. The van der Waals surface area contributed by atoms with Gasteiger partial charge in [0.25, 0.3) is 0 Å². The predicted octanol–water partition coefficient (Wildman–Crippen LogP) is 2.27. The van der Waals surface area contributed by atoms with Crippen molar-refractivity contribution in [2.75, 3.05) is 19.6 Å². The van der Waals surface area contributed by atoms with Crippen molar-refractivity contribution in [2.45, 2.75) is 6.04 Å². The van der Waals surface area contributed by atoms with Crippen molar-refractivity contribution in [3.63, 3.8) is 0 Å². The van der Waals surface area contributed by atoms with Crippen LogP contribution in [-0.2, 0) is 0 Å². The van der Waals surface area contributed by atoms with E-state index in [1.54, 1.807) is 17.4 Å². The monoisotopic (exact) mass is 236 g/mol. The summed E-state index contributed by atoms with van der Waals surface area (Å²) in [6, 6.07) is 7.50. The van der Waals surface area contributed by atoms with Crippen molar-refractivity contribution in [1.29, 1.82) is 0 Å². The quantitative estimate of drug-likeness (QED) is 0.793. The molecule has 0 spiro atoms. The van der Waals surface area contributed by atoms with Gasteiger partial charge in [0.05, 0.1) is 6.04 Å². The molecule has 1 aliphatic heterocycles. The maximum absolute atomic E-state index is 13.1. The van der Waals surface area contributed by atoms with Gasteiger partial charge in [0.1, 0.15) is 5.82 Å². The molecule has 1 unspecified atom stereocenters. The van der Waals surface area contributed by atoms with Gasteiger partial charge in [-0.05, 0) is 23.6 Å². The Kier molecular flexibility index (Phi) is 2.63. The lowest BCUT2D eigenvalue weighted by atomic mass is 10.1. The number of thiophene rings is 1. The Balaban J connectivity index is 1.97. The zero-order valence-electron chi connectivity index (χ0n) is 8.79. The molecule has 1 atom stereocenters. The number of hydrogen-bond donors (Lipinski definition) is 2. The van der Waals surface area contributed by atoms with Crippen LogP contribution in [0.1, 0.15) is 10.9 Å². The van der Waals surface area contributed by atoms with Gasteiger partial charge in [-0.25, -0.2) is 4.39 Å². The van der Waals surface area contributed by atoms with E-state index in [4.69, 9.17) is 0 Å². The second-order valence-electron chi connectivity index (χ2n) is 4.04. The van der Waals surface area contributed by atoms with Crippen LogP contribution in [0.5, 0.6) is 0 Å². The third-order valence-electron chi connectivity index (χ3n) is 2.89. The minimum atomic E-state index is -0.157. The van der Waals surface area contributed by atoms with E-state index in [0.717, 1.165) is 29.7 Å². The molecule has 16 heavy (non-hydrogen) atoms. The summed E-state index contributed by atoms with van der Waals surface area (Å²) in [4.78, 5) is 1.28. The van der Waals surface area contributed by atoms with E-state index < -0.39 is 0 Å². The zero-order valence-corrected chi connectivity index (χ0v) is 9.61. The lowest BCUT2D eigenvalue weighted by Crippen LogP contribution is -2.42. The average Bonchev–Trinajstić information content (AvgIpc) is 2.73. The number of nitrogens with one attached hydrogen (secondary N) is 2. The summed E-state index contributed by atoms with van der Waals surface area (Å²) in [6.45, 7) is 2.97. The molecule has 1 aromatic carbocycles. The van der Waals surface area contributed by atoms with Crippen LogP contribution in [0.3, 0.4) is 0 Å². The highest BCUT2D eigenvalue weighted by atomic mass is 32.1. The van der Waals surface area contributed by atoms with Crippen LogP contribution >= 0.6 is 11.3 Å². The van der Waals surface area contributed by atoms with Crippen molar-refractivity contribution in [1.82, 2.24) is 10.6 Å². The fraction of sp³-hybridized carbons (Fsp3) is 0.333. The Morgan fingerprint density at radius 3 is 3.00 bits per heavy atom. The summed E-state index contributed by atoms with van der Waals surface area (Å²) in [5, 5.41) is 7.96. The summed E-state index contributed by atoms with van der Waals surface area (Å²) in [6.07, 6.45) is 0. The van der Waals surface area contributed by atoms with Crippen molar-refractivity contribution in [2.24, 2.45) is 0 Å². The first-order valence-electron chi connectivity index (χ1n) is 5.46. The third-order valence-corrected chi connectivity index (χ3v) is 4.10. The number of fused-ring (bicyclic) bond motifs is 1. The van der Waals surface area contributed by atoms with E-state index in [1.807, 2.05) is 6.07 Å². The first kappa shape index (κ1) is 10.2. The van der Waals surface area contributed by atoms with E-state index in [-0.39, 0.29) is 5.82 Å². The van der Waals surface area contributed by atoms with Crippen molar-refractivity contribution < 1.29 is 4.39 Å². The first-order valence-corrected chi connectivity index (χ1v) is 6.28. The van der Waals surface area contributed by atoms with Gasteiger partial charge < -0.3 is 10.6 Å². The number of benzene rings is 1. The van der Waals surface area contributed by atoms with Crippen LogP contribution in [0.15, 0.2) is 24.3 Å². The van der Waals surface area contributed by atoms with Crippen molar-refractivity contribution >= 4 is 21.4 Å². The van der Waals surface area contributed by atoms with Gasteiger partial charge in [-0.1, -0.05) is 6.07 Å². The molecule has 0 saturated carbocycles. The van der Waals surface area contributed by atoms with E-state index in [0.29, 0.717) is 6.04 Å². The van der Waals surface area contributed by atoms with Gasteiger partial charge in [-0.3, -0.25) is 0 Å². The lowest BCUT2D eigenvalue weighted by molar-refractivity contribution is 0.435.